The Balaban J connectivity index is 4.92. The van der Waals surface area contributed by atoms with Gasteiger partial charge in [-0.1, -0.05) is 22.3 Å². The smallest absolute Gasteiger partial charge is 0.234 e. The maximum absolute atomic E-state index is 11.9. The van der Waals surface area contributed by atoms with E-state index in [9.17, 15) is 12.3 Å². The van der Waals surface area contributed by atoms with E-state index in [4.69, 9.17) is 19.3 Å². The SMILES string of the molecule is C#C[Si](C#C)(C#C)C=C[Si](F)(F)F. The van der Waals surface area contributed by atoms with Crippen molar-refractivity contribution in [2.45, 2.75) is 0 Å². The van der Waals surface area contributed by atoms with E-state index in [0.29, 0.717) is 0 Å². The van der Waals surface area contributed by atoms with Crippen LogP contribution in [0.3, 0.4) is 0 Å². The molecule has 0 aromatic carbocycles. The molecule has 0 aliphatic rings. The van der Waals surface area contributed by atoms with Crippen LogP contribution in [0.15, 0.2) is 11.4 Å². The maximum Gasteiger partial charge on any atom is 0.644 e. The second kappa shape index (κ2) is 4.04. The van der Waals surface area contributed by atoms with E-state index in [2.05, 4.69) is 16.6 Å². The Morgan fingerprint density at radius 1 is 0.846 bits per heavy atom. The molecular weight excluding hydrogens is 209 g/mol. The molecule has 0 spiro atoms. The molecule has 0 atom stereocenters. The first-order chi connectivity index (χ1) is 5.89. The lowest BCUT2D eigenvalue weighted by molar-refractivity contribution is 0.498. The summed E-state index contributed by atoms with van der Waals surface area (Å²) >= 11 is 0. The third-order valence-electron chi connectivity index (χ3n) is 1.21. The van der Waals surface area contributed by atoms with Gasteiger partial charge in [0, 0.05) is 0 Å². The summed E-state index contributed by atoms with van der Waals surface area (Å²) in [6.45, 7) is 0. The highest BCUT2D eigenvalue weighted by Gasteiger charge is 2.35. The number of rotatable bonds is 2. The molecule has 0 bridgehead atoms. The predicted molar refractivity (Wildman–Crippen MR) is 50.5 cm³/mol. The van der Waals surface area contributed by atoms with E-state index < -0.39 is 17.1 Å². The second-order valence-electron chi connectivity index (χ2n) is 2.12. The molecule has 0 heterocycles. The summed E-state index contributed by atoms with van der Waals surface area (Å²) in [6.07, 6.45) is 14.9. The van der Waals surface area contributed by atoms with Gasteiger partial charge in [-0.25, -0.2) is 12.3 Å². The van der Waals surface area contributed by atoms with Gasteiger partial charge in [-0.2, -0.15) is 0 Å². The molecule has 66 valence electrons. The summed E-state index contributed by atoms with van der Waals surface area (Å²) in [5.74, 6) is 0. The summed E-state index contributed by atoms with van der Waals surface area (Å²) in [5, 5.41) is 0. The summed E-state index contributed by atoms with van der Waals surface area (Å²) in [7, 11) is -8.86. The molecule has 0 aromatic heterocycles. The Labute approximate surface area is 77.4 Å². The van der Waals surface area contributed by atoms with Gasteiger partial charge >= 0.3 is 17.1 Å². The van der Waals surface area contributed by atoms with Gasteiger partial charge in [-0.05, 0) is 5.70 Å². The fourth-order valence-corrected chi connectivity index (χ4v) is 2.78. The van der Waals surface area contributed by atoms with Crippen molar-refractivity contribution in [1.29, 1.82) is 0 Å². The molecule has 0 N–H and O–H groups in total. The predicted octanol–water partition coefficient (Wildman–Crippen LogP) is 1.43. The van der Waals surface area contributed by atoms with Crippen LogP contribution in [-0.4, -0.2) is 17.1 Å². The zero-order valence-corrected chi connectivity index (χ0v) is 8.52. The Hall–Kier alpha value is -1.36. The van der Waals surface area contributed by atoms with Gasteiger partial charge in [0.2, 0.25) is 0 Å². The van der Waals surface area contributed by atoms with Crippen molar-refractivity contribution in [1.82, 2.24) is 0 Å². The van der Waals surface area contributed by atoms with Crippen molar-refractivity contribution in [2.24, 2.45) is 0 Å². The van der Waals surface area contributed by atoms with E-state index in [0.717, 1.165) is 5.70 Å². The first-order valence-electron chi connectivity index (χ1n) is 3.09. The van der Waals surface area contributed by atoms with Crippen LogP contribution in [-0.2, 0) is 0 Å². The summed E-state index contributed by atoms with van der Waals surface area (Å²) < 4.78 is 35.6. The van der Waals surface area contributed by atoms with E-state index in [1.807, 2.05) is 0 Å². The van der Waals surface area contributed by atoms with Crippen LogP contribution in [0.1, 0.15) is 0 Å². The lowest BCUT2D eigenvalue weighted by atomic mass is 11.2. The molecule has 0 unspecified atom stereocenters. The average Bonchev–Trinajstić information content (AvgIpc) is 2.06. The van der Waals surface area contributed by atoms with Crippen molar-refractivity contribution in [3.8, 4) is 35.9 Å². The first kappa shape index (κ1) is 11.6. The zero-order chi connectivity index (χ0) is 10.5. The number of hydrogen-bond acceptors (Lipinski definition) is 0. The van der Waals surface area contributed by atoms with Gasteiger partial charge in [0.05, 0.1) is 0 Å². The Morgan fingerprint density at radius 3 is 1.46 bits per heavy atom. The van der Waals surface area contributed by atoms with Gasteiger partial charge < -0.3 is 0 Å². The van der Waals surface area contributed by atoms with Crippen molar-refractivity contribution >= 4 is 17.1 Å². The zero-order valence-electron chi connectivity index (χ0n) is 6.52. The average molecular weight is 214 g/mol. The molecular formula is C8H5F3Si2. The monoisotopic (exact) mass is 214 g/mol. The molecule has 0 aliphatic heterocycles. The molecule has 0 aromatic rings. The fourth-order valence-electron chi connectivity index (χ4n) is 0.489. The Kier molecular flexibility index (Phi) is 3.62. The maximum atomic E-state index is 11.9. The molecule has 5 heteroatoms. The molecule has 0 radical (unpaired) electrons. The lowest BCUT2D eigenvalue weighted by Crippen LogP contribution is -2.28. The standard InChI is InChI=1S/C8H5F3Si2/c1-4-12(5-2,6-3)7-8-13(9,10)11/h1-3,7-8H. The molecule has 0 saturated carbocycles. The highest BCUT2D eigenvalue weighted by molar-refractivity contribution is 7.04. The molecule has 0 rings (SSSR count). The van der Waals surface area contributed by atoms with Crippen molar-refractivity contribution in [3.63, 3.8) is 0 Å². The number of terminal acetylenes is 3. The van der Waals surface area contributed by atoms with Crippen LogP contribution in [0.2, 0.25) is 0 Å². The molecule has 0 fully saturated rings. The van der Waals surface area contributed by atoms with Crippen LogP contribution in [0.4, 0.5) is 12.3 Å². The van der Waals surface area contributed by atoms with Crippen molar-refractivity contribution in [2.75, 3.05) is 0 Å². The minimum atomic E-state index is -5.75. The molecule has 0 amide bonds. The number of halogens is 3. The summed E-state index contributed by atoms with van der Waals surface area (Å²) in [6, 6.07) is 0. The van der Waals surface area contributed by atoms with Gasteiger partial charge in [0.25, 0.3) is 0 Å². The third kappa shape index (κ3) is 3.71. The highest BCUT2D eigenvalue weighted by Crippen LogP contribution is 2.12. The molecule has 0 aliphatic carbocycles. The first-order valence-corrected chi connectivity index (χ1v) is 6.88. The number of hydrogen-bond donors (Lipinski definition) is 0. The summed E-state index contributed by atoms with van der Waals surface area (Å²) in [4.78, 5) is 0. The summed E-state index contributed by atoms with van der Waals surface area (Å²) in [5.41, 5.74) is 7.21. The largest absolute Gasteiger partial charge is 0.644 e. The molecule has 13 heavy (non-hydrogen) atoms. The quantitative estimate of drug-likeness (QED) is 0.371. The minimum absolute atomic E-state index is 0.138. The van der Waals surface area contributed by atoms with Gasteiger partial charge in [-0.3, -0.25) is 0 Å². The second-order valence-corrected chi connectivity index (χ2v) is 6.35. The van der Waals surface area contributed by atoms with Crippen LogP contribution < -0.4 is 0 Å². The van der Waals surface area contributed by atoms with Gasteiger partial charge in [0.15, 0.2) is 0 Å². The van der Waals surface area contributed by atoms with Crippen LogP contribution in [0.25, 0.3) is 0 Å². The van der Waals surface area contributed by atoms with Gasteiger partial charge in [-0.15, -0.1) is 19.3 Å². The van der Waals surface area contributed by atoms with E-state index >= 15 is 0 Å². The minimum Gasteiger partial charge on any atom is -0.234 e. The van der Waals surface area contributed by atoms with Crippen LogP contribution in [0, 0.1) is 35.9 Å². The van der Waals surface area contributed by atoms with E-state index in [-0.39, 0.29) is 5.70 Å². The lowest BCUT2D eigenvalue weighted by Gasteiger charge is -2.04. The van der Waals surface area contributed by atoms with Crippen molar-refractivity contribution in [3.05, 3.63) is 11.4 Å². The fraction of sp³-hybridized carbons (Fsp3) is 0. The van der Waals surface area contributed by atoms with Crippen LogP contribution >= 0.6 is 0 Å². The van der Waals surface area contributed by atoms with E-state index in [1.165, 1.54) is 0 Å². The normalized spacial score (nSPS) is 11.7. The molecule has 0 saturated heterocycles. The Bertz CT molecular complexity index is 296. The third-order valence-corrected chi connectivity index (χ3v) is 4.12. The molecule has 0 nitrogen and oxygen atoms in total. The van der Waals surface area contributed by atoms with Gasteiger partial charge in [0.1, 0.15) is 0 Å². The van der Waals surface area contributed by atoms with Crippen molar-refractivity contribution < 1.29 is 12.3 Å². The van der Waals surface area contributed by atoms with Crippen LogP contribution in [0.5, 0.6) is 0 Å². The van der Waals surface area contributed by atoms with E-state index in [1.54, 1.807) is 0 Å². The highest BCUT2D eigenvalue weighted by atomic mass is 28.5. The Morgan fingerprint density at radius 2 is 1.23 bits per heavy atom. The topological polar surface area (TPSA) is 0 Å².